The van der Waals surface area contributed by atoms with E-state index in [0.29, 0.717) is 6.42 Å². The number of hydrogen-bond donors (Lipinski definition) is 1. The molecular formula is C10H16O3. The normalized spacial score (nSPS) is 14.7. The first-order valence-corrected chi connectivity index (χ1v) is 4.25. The van der Waals surface area contributed by atoms with Gasteiger partial charge in [-0.05, 0) is 26.7 Å². The summed E-state index contributed by atoms with van der Waals surface area (Å²) in [6, 6.07) is 0. The Morgan fingerprint density at radius 2 is 1.85 bits per heavy atom. The molecule has 0 aromatic carbocycles. The van der Waals surface area contributed by atoms with Crippen molar-refractivity contribution in [2.45, 2.75) is 33.6 Å². The van der Waals surface area contributed by atoms with Gasteiger partial charge in [-0.25, -0.2) is 0 Å². The van der Waals surface area contributed by atoms with Gasteiger partial charge in [0.2, 0.25) is 0 Å². The summed E-state index contributed by atoms with van der Waals surface area (Å²) in [7, 11) is 0. The van der Waals surface area contributed by atoms with E-state index in [4.69, 9.17) is 5.11 Å². The molecule has 0 radical (unpaired) electrons. The van der Waals surface area contributed by atoms with Crippen LogP contribution in [0.15, 0.2) is 12.2 Å². The van der Waals surface area contributed by atoms with Crippen LogP contribution in [0.3, 0.4) is 0 Å². The van der Waals surface area contributed by atoms with Crippen molar-refractivity contribution in [1.29, 1.82) is 0 Å². The number of carbonyl (C=O) groups is 2. The third-order valence-electron chi connectivity index (χ3n) is 2.29. The predicted octanol–water partition coefficient (Wildman–Crippen LogP) is 2.02. The predicted molar refractivity (Wildman–Crippen MR) is 50.5 cm³/mol. The number of allylic oxidation sites excluding steroid dienone is 1. The summed E-state index contributed by atoms with van der Waals surface area (Å²) in [5.41, 5.74) is -0.536. The zero-order valence-corrected chi connectivity index (χ0v) is 8.39. The number of carboxylic acid groups (broad SMARTS) is 1. The van der Waals surface area contributed by atoms with Crippen molar-refractivity contribution < 1.29 is 14.7 Å². The minimum atomic E-state index is -1.26. The minimum absolute atomic E-state index is 0.230. The Bertz CT molecular complexity index is 227. The van der Waals surface area contributed by atoms with Gasteiger partial charge in [0.05, 0.1) is 0 Å². The smallest absolute Gasteiger partial charge is 0.317 e. The quantitative estimate of drug-likeness (QED) is 0.525. The van der Waals surface area contributed by atoms with Gasteiger partial charge in [0.1, 0.15) is 11.2 Å². The van der Waals surface area contributed by atoms with Crippen LogP contribution in [-0.2, 0) is 9.59 Å². The number of carboxylic acids is 1. The molecule has 1 N–H and O–H groups in total. The van der Waals surface area contributed by atoms with Crippen LogP contribution in [0.25, 0.3) is 0 Å². The van der Waals surface area contributed by atoms with E-state index in [1.807, 2.05) is 0 Å². The summed E-state index contributed by atoms with van der Waals surface area (Å²) in [6.45, 7) is 8.40. The molecule has 0 aliphatic carbocycles. The van der Waals surface area contributed by atoms with E-state index in [1.165, 1.54) is 6.92 Å². The molecule has 0 bridgehead atoms. The molecule has 1 unspecified atom stereocenters. The van der Waals surface area contributed by atoms with Gasteiger partial charge in [0.15, 0.2) is 0 Å². The lowest BCUT2D eigenvalue weighted by Crippen LogP contribution is -2.37. The maximum Gasteiger partial charge on any atom is 0.317 e. The fraction of sp³-hybridized carbons (Fsp3) is 0.600. The summed E-state index contributed by atoms with van der Waals surface area (Å²) in [6.07, 6.45) is 0.540. The zero-order valence-electron chi connectivity index (χ0n) is 8.39. The first kappa shape index (κ1) is 11.9. The molecule has 0 spiro atoms. The standard InChI is InChI=1S/C10H16O3/c1-5-10(8(4)11,9(12)13)6-7(2)3/h2,5-6H2,1,3-4H3,(H,12,13). The molecule has 0 rings (SSSR count). The van der Waals surface area contributed by atoms with E-state index in [2.05, 4.69) is 6.58 Å². The SMILES string of the molecule is C=C(C)CC(CC)(C(C)=O)C(=O)O. The van der Waals surface area contributed by atoms with Gasteiger partial charge in [0.25, 0.3) is 0 Å². The first-order valence-electron chi connectivity index (χ1n) is 4.25. The van der Waals surface area contributed by atoms with Crippen molar-refractivity contribution in [3.05, 3.63) is 12.2 Å². The van der Waals surface area contributed by atoms with E-state index in [0.717, 1.165) is 5.57 Å². The van der Waals surface area contributed by atoms with Gasteiger partial charge in [-0.2, -0.15) is 0 Å². The fourth-order valence-electron chi connectivity index (χ4n) is 1.39. The highest BCUT2D eigenvalue weighted by Crippen LogP contribution is 2.31. The van der Waals surface area contributed by atoms with Gasteiger partial charge in [-0.3, -0.25) is 9.59 Å². The molecule has 13 heavy (non-hydrogen) atoms. The molecule has 0 aliphatic heterocycles. The van der Waals surface area contributed by atoms with Crippen molar-refractivity contribution in [2.75, 3.05) is 0 Å². The molecule has 0 saturated heterocycles. The maximum atomic E-state index is 11.3. The van der Waals surface area contributed by atoms with Crippen LogP contribution >= 0.6 is 0 Å². The number of Topliss-reactive ketones (excluding diaryl/α,β-unsaturated/α-hetero) is 1. The third kappa shape index (κ3) is 2.41. The molecule has 0 fully saturated rings. The Morgan fingerprint density at radius 3 is 1.92 bits per heavy atom. The van der Waals surface area contributed by atoms with Crippen molar-refractivity contribution >= 4 is 11.8 Å². The Morgan fingerprint density at radius 1 is 1.38 bits per heavy atom. The summed E-state index contributed by atoms with van der Waals surface area (Å²) >= 11 is 0. The van der Waals surface area contributed by atoms with E-state index in [-0.39, 0.29) is 12.2 Å². The summed E-state index contributed by atoms with van der Waals surface area (Å²) in [5.74, 6) is -1.35. The van der Waals surface area contributed by atoms with Crippen LogP contribution in [0.1, 0.15) is 33.6 Å². The van der Waals surface area contributed by atoms with Gasteiger partial charge in [0, 0.05) is 0 Å². The molecule has 0 amide bonds. The summed E-state index contributed by atoms with van der Waals surface area (Å²) < 4.78 is 0. The molecule has 0 aromatic heterocycles. The lowest BCUT2D eigenvalue weighted by atomic mass is 9.76. The van der Waals surface area contributed by atoms with Gasteiger partial charge >= 0.3 is 5.97 Å². The average Bonchev–Trinajstić information content (AvgIpc) is 1.98. The maximum absolute atomic E-state index is 11.3. The number of hydrogen-bond acceptors (Lipinski definition) is 2. The van der Waals surface area contributed by atoms with E-state index in [1.54, 1.807) is 13.8 Å². The molecule has 74 valence electrons. The van der Waals surface area contributed by atoms with Gasteiger partial charge in [-0.1, -0.05) is 12.5 Å². The lowest BCUT2D eigenvalue weighted by Gasteiger charge is -2.24. The lowest BCUT2D eigenvalue weighted by molar-refractivity contribution is -0.154. The Labute approximate surface area is 78.5 Å². The highest BCUT2D eigenvalue weighted by Gasteiger charge is 2.41. The summed E-state index contributed by atoms with van der Waals surface area (Å²) in [4.78, 5) is 22.2. The van der Waals surface area contributed by atoms with E-state index < -0.39 is 11.4 Å². The number of aliphatic carboxylic acids is 1. The third-order valence-corrected chi connectivity index (χ3v) is 2.29. The summed E-state index contributed by atoms with van der Waals surface area (Å²) in [5, 5.41) is 8.98. The fourth-order valence-corrected chi connectivity index (χ4v) is 1.39. The van der Waals surface area contributed by atoms with Gasteiger partial charge < -0.3 is 5.11 Å². The molecule has 0 saturated carbocycles. The molecule has 3 nitrogen and oxygen atoms in total. The Kier molecular flexibility index (Phi) is 3.85. The molecule has 0 heterocycles. The average molecular weight is 184 g/mol. The number of ketones is 1. The van der Waals surface area contributed by atoms with Crippen LogP contribution in [0, 0.1) is 5.41 Å². The van der Waals surface area contributed by atoms with Crippen molar-refractivity contribution in [1.82, 2.24) is 0 Å². The zero-order chi connectivity index (χ0) is 10.6. The second kappa shape index (κ2) is 4.21. The van der Waals surface area contributed by atoms with Crippen LogP contribution in [0.4, 0.5) is 0 Å². The Balaban J connectivity index is 4.98. The van der Waals surface area contributed by atoms with Crippen LogP contribution in [0.5, 0.6) is 0 Å². The topological polar surface area (TPSA) is 54.4 Å². The highest BCUT2D eigenvalue weighted by molar-refractivity contribution is 6.02. The van der Waals surface area contributed by atoms with Crippen LogP contribution in [-0.4, -0.2) is 16.9 Å². The van der Waals surface area contributed by atoms with Crippen molar-refractivity contribution in [3.8, 4) is 0 Å². The first-order chi connectivity index (χ1) is 5.86. The number of carbonyl (C=O) groups excluding carboxylic acids is 1. The molecular weight excluding hydrogens is 168 g/mol. The molecule has 0 aromatic rings. The van der Waals surface area contributed by atoms with E-state index in [9.17, 15) is 9.59 Å². The minimum Gasteiger partial charge on any atom is -0.480 e. The highest BCUT2D eigenvalue weighted by atomic mass is 16.4. The molecule has 0 aliphatic rings. The van der Waals surface area contributed by atoms with Crippen LogP contribution in [0.2, 0.25) is 0 Å². The number of rotatable bonds is 5. The largest absolute Gasteiger partial charge is 0.480 e. The molecule has 3 heteroatoms. The second-order valence-corrected chi connectivity index (χ2v) is 3.43. The van der Waals surface area contributed by atoms with E-state index >= 15 is 0 Å². The monoisotopic (exact) mass is 184 g/mol. The second-order valence-electron chi connectivity index (χ2n) is 3.43. The van der Waals surface area contributed by atoms with Crippen LogP contribution < -0.4 is 0 Å². The molecule has 1 atom stereocenters. The van der Waals surface area contributed by atoms with Crippen molar-refractivity contribution in [2.24, 2.45) is 5.41 Å². The Hall–Kier alpha value is -1.12. The van der Waals surface area contributed by atoms with Crippen molar-refractivity contribution in [3.63, 3.8) is 0 Å². The van der Waals surface area contributed by atoms with Gasteiger partial charge in [-0.15, -0.1) is 6.58 Å².